The Morgan fingerprint density at radius 2 is 1.88 bits per heavy atom. The van der Waals surface area contributed by atoms with Crippen molar-refractivity contribution in [3.05, 3.63) is 48.0 Å². The van der Waals surface area contributed by atoms with E-state index in [1.54, 1.807) is 0 Å². The zero-order chi connectivity index (χ0) is 17.8. The molecule has 1 aliphatic rings. The fourth-order valence-corrected chi connectivity index (χ4v) is 3.18. The Morgan fingerprint density at radius 1 is 1.21 bits per heavy atom. The summed E-state index contributed by atoms with van der Waals surface area (Å²) in [6, 6.07) is 10.2. The molecule has 1 aliphatic heterocycles. The minimum absolute atomic E-state index is 0.144. The third-order valence-corrected chi connectivity index (χ3v) is 9.66. The third-order valence-electron chi connectivity index (χ3n) is 5.15. The lowest BCUT2D eigenvalue weighted by molar-refractivity contribution is 0.104. The summed E-state index contributed by atoms with van der Waals surface area (Å²) in [6.45, 7) is 15.3. The number of hydrogen-bond acceptors (Lipinski definition) is 3. The molecule has 2 rings (SSSR count). The standard InChI is InChI=1S/C20H32O3Si/c1-19(2,3)24(5,6)22-14-10-13-20(4)18(23-20)16-21-15-17-11-8-7-9-12-17/h7-13,18H,14-16H2,1-6H3/b13-10+/t18-,20+/m1/s1. The molecule has 1 saturated heterocycles. The maximum absolute atomic E-state index is 6.16. The maximum atomic E-state index is 6.16. The minimum atomic E-state index is -1.67. The maximum Gasteiger partial charge on any atom is 0.192 e. The van der Waals surface area contributed by atoms with E-state index in [1.165, 1.54) is 5.56 Å². The highest BCUT2D eigenvalue weighted by Crippen LogP contribution is 2.38. The van der Waals surface area contributed by atoms with Crippen molar-refractivity contribution in [2.45, 2.75) is 64.1 Å². The number of benzene rings is 1. The van der Waals surface area contributed by atoms with E-state index < -0.39 is 8.32 Å². The summed E-state index contributed by atoms with van der Waals surface area (Å²) in [4.78, 5) is 0. The fraction of sp³-hybridized carbons (Fsp3) is 0.600. The van der Waals surface area contributed by atoms with Gasteiger partial charge in [-0.25, -0.2) is 0 Å². The summed E-state index contributed by atoms with van der Waals surface area (Å²) in [7, 11) is -1.67. The fourth-order valence-electron chi connectivity index (χ4n) is 2.23. The highest BCUT2D eigenvalue weighted by molar-refractivity contribution is 6.74. The van der Waals surface area contributed by atoms with E-state index in [0.29, 0.717) is 19.8 Å². The summed E-state index contributed by atoms with van der Waals surface area (Å²) in [5.74, 6) is 0. The SMILES string of the molecule is CC(C)(C)[Si](C)(C)OC/C=C/[C@]1(C)O[C@@H]1COCc1ccccc1. The van der Waals surface area contributed by atoms with Gasteiger partial charge in [-0.1, -0.05) is 63.3 Å². The van der Waals surface area contributed by atoms with Gasteiger partial charge >= 0.3 is 0 Å². The van der Waals surface area contributed by atoms with Gasteiger partial charge in [0.05, 0.1) is 19.8 Å². The zero-order valence-corrected chi connectivity index (χ0v) is 17.0. The quantitative estimate of drug-likeness (QED) is 0.379. The Morgan fingerprint density at radius 3 is 2.50 bits per heavy atom. The van der Waals surface area contributed by atoms with Gasteiger partial charge < -0.3 is 13.9 Å². The van der Waals surface area contributed by atoms with Crippen LogP contribution in [0.4, 0.5) is 0 Å². The van der Waals surface area contributed by atoms with E-state index in [9.17, 15) is 0 Å². The van der Waals surface area contributed by atoms with Crippen LogP contribution >= 0.6 is 0 Å². The molecular weight excluding hydrogens is 316 g/mol. The van der Waals surface area contributed by atoms with Crippen LogP contribution in [0, 0.1) is 0 Å². The lowest BCUT2D eigenvalue weighted by atomic mass is 10.1. The molecule has 24 heavy (non-hydrogen) atoms. The van der Waals surface area contributed by atoms with Gasteiger partial charge in [0, 0.05) is 0 Å². The number of ether oxygens (including phenoxy) is 2. The Balaban J connectivity index is 1.68. The van der Waals surface area contributed by atoms with Crippen molar-refractivity contribution in [1.29, 1.82) is 0 Å². The predicted molar refractivity (Wildman–Crippen MR) is 102 cm³/mol. The molecule has 0 N–H and O–H groups in total. The number of hydrogen-bond donors (Lipinski definition) is 0. The summed E-state index contributed by atoms with van der Waals surface area (Å²) in [5.41, 5.74) is 0.992. The molecule has 1 aromatic carbocycles. The van der Waals surface area contributed by atoms with Crippen LogP contribution in [0.15, 0.2) is 42.5 Å². The van der Waals surface area contributed by atoms with E-state index >= 15 is 0 Å². The van der Waals surface area contributed by atoms with Gasteiger partial charge in [0.15, 0.2) is 8.32 Å². The summed E-state index contributed by atoms with van der Waals surface area (Å²) in [5, 5.41) is 0.245. The average Bonchev–Trinajstić information content (AvgIpc) is 3.14. The first-order valence-corrected chi connectivity index (χ1v) is 11.7. The van der Waals surface area contributed by atoms with Crippen LogP contribution in [0.25, 0.3) is 0 Å². The van der Waals surface area contributed by atoms with Crippen molar-refractivity contribution in [3.63, 3.8) is 0 Å². The van der Waals surface area contributed by atoms with Crippen LogP contribution in [0.5, 0.6) is 0 Å². The van der Waals surface area contributed by atoms with Gasteiger partial charge in [-0.15, -0.1) is 0 Å². The zero-order valence-electron chi connectivity index (χ0n) is 16.0. The van der Waals surface area contributed by atoms with Crippen molar-refractivity contribution in [1.82, 2.24) is 0 Å². The monoisotopic (exact) mass is 348 g/mol. The molecule has 0 radical (unpaired) electrons. The van der Waals surface area contributed by atoms with Gasteiger partial charge in [-0.2, -0.15) is 0 Å². The Kier molecular flexibility index (Phi) is 6.08. The Labute approximate surface area is 148 Å². The van der Waals surface area contributed by atoms with Gasteiger partial charge in [-0.05, 0) is 30.6 Å². The topological polar surface area (TPSA) is 31.0 Å². The van der Waals surface area contributed by atoms with Crippen LogP contribution < -0.4 is 0 Å². The minimum Gasteiger partial charge on any atom is -0.413 e. The predicted octanol–water partition coefficient (Wildman–Crippen LogP) is 4.94. The van der Waals surface area contributed by atoms with Crippen LogP contribution in [0.2, 0.25) is 18.1 Å². The molecule has 1 aromatic rings. The molecule has 3 nitrogen and oxygen atoms in total. The summed E-state index contributed by atoms with van der Waals surface area (Å²) in [6.07, 6.45) is 4.36. The average molecular weight is 349 g/mol. The van der Waals surface area contributed by atoms with Gasteiger partial charge in [0.25, 0.3) is 0 Å². The molecular formula is C20H32O3Si. The molecule has 2 atom stereocenters. The van der Waals surface area contributed by atoms with Gasteiger partial charge in [0.2, 0.25) is 0 Å². The lowest BCUT2D eigenvalue weighted by Crippen LogP contribution is -2.40. The first-order chi connectivity index (χ1) is 11.1. The third kappa shape index (κ3) is 5.28. The van der Waals surface area contributed by atoms with E-state index in [1.807, 2.05) is 18.2 Å². The molecule has 0 saturated carbocycles. The molecule has 0 aromatic heterocycles. The van der Waals surface area contributed by atoms with Crippen LogP contribution in [-0.4, -0.2) is 33.2 Å². The van der Waals surface area contributed by atoms with Crippen LogP contribution in [0.1, 0.15) is 33.3 Å². The number of epoxide rings is 1. The van der Waals surface area contributed by atoms with Gasteiger partial charge in [0.1, 0.15) is 11.7 Å². The molecule has 1 fully saturated rings. The Hall–Kier alpha value is -0.943. The smallest absolute Gasteiger partial charge is 0.192 e. The largest absolute Gasteiger partial charge is 0.413 e. The lowest BCUT2D eigenvalue weighted by Gasteiger charge is -2.35. The van der Waals surface area contributed by atoms with Crippen molar-refractivity contribution >= 4 is 8.32 Å². The molecule has 134 valence electrons. The van der Waals surface area contributed by atoms with Crippen LogP contribution in [0.3, 0.4) is 0 Å². The van der Waals surface area contributed by atoms with E-state index in [-0.39, 0.29) is 16.7 Å². The molecule has 4 heteroatoms. The van der Waals surface area contributed by atoms with Crippen LogP contribution in [-0.2, 0) is 20.5 Å². The number of rotatable bonds is 8. The van der Waals surface area contributed by atoms with Crippen molar-refractivity contribution < 1.29 is 13.9 Å². The van der Waals surface area contributed by atoms with E-state index in [4.69, 9.17) is 13.9 Å². The highest BCUT2D eigenvalue weighted by Gasteiger charge is 2.50. The van der Waals surface area contributed by atoms with E-state index in [2.05, 4.69) is 65.1 Å². The van der Waals surface area contributed by atoms with Gasteiger partial charge in [-0.3, -0.25) is 0 Å². The molecule has 0 aliphatic carbocycles. The van der Waals surface area contributed by atoms with Crippen molar-refractivity contribution in [2.24, 2.45) is 0 Å². The molecule has 0 spiro atoms. The normalized spacial score (nSPS) is 24.5. The summed E-state index contributed by atoms with van der Waals surface area (Å²) < 4.78 is 17.7. The first-order valence-electron chi connectivity index (χ1n) is 8.75. The second-order valence-corrected chi connectivity index (χ2v) is 13.1. The Bertz CT molecular complexity index is 548. The highest BCUT2D eigenvalue weighted by atomic mass is 28.4. The molecule has 1 heterocycles. The van der Waals surface area contributed by atoms with E-state index in [0.717, 1.165) is 0 Å². The molecule has 0 bridgehead atoms. The molecule has 0 amide bonds. The van der Waals surface area contributed by atoms with Crippen molar-refractivity contribution in [3.8, 4) is 0 Å². The summed E-state index contributed by atoms with van der Waals surface area (Å²) >= 11 is 0. The first kappa shape index (κ1) is 19.4. The molecule has 0 unspecified atom stereocenters. The second-order valence-electron chi connectivity index (χ2n) is 8.26. The van der Waals surface area contributed by atoms with Crippen molar-refractivity contribution in [2.75, 3.05) is 13.2 Å². The second kappa shape index (κ2) is 7.52.